The molecule has 1 saturated heterocycles. The molecule has 2 fully saturated rings. The van der Waals surface area contributed by atoms with Gasteiger partial charge in [-0.25, -0.2) is 0 Å². The lowest BCUT2D eigenvalue weighted by molar-refractivity contribution is -0.127. The molecule has 0 aromatic heterocycles. The average Bonchev–Trinajstić information content (AvgIpc) is 2.30. The zero-order valence-corrected chi connectivity index (χ0v) is 9.58. The van der Waals surface area contributed by atoms with Crippen molar-refractivity contribution in [2.24, 2.45) is 5.92 Å². The highest BCUT2D eigenvalue weighted by Gasteiger charge is 2.31. The molecule has 15 heavy (non-hydrogen) atoms. The Bertz CT molecular complexity index is 224. The van der Waals surface area contributed by atoms with Crippen LogP contribution in [-0.4, -0.2) is 43.0 Å². The zero-order chi connectivity index (χ0) is 10.7. The summed E-state index contributed by atoms with van der Waals surface area (Å²) in [6.07, 6.45) is 4.23. The van der Waals surface area contributed by atoms with Crippen molar-refractivity contribution < 1.29 is 9.53 Å². The van der Waals surface area contributed by atoms with Crippen molar-refractivity contribution >= 4 is 5.78 Å². The van der Waals surface area contributed by atoms with Crippen molar-refractivity contribution in [2.45, 2.75) is 38.6 Å². The molecule has 3 nitrogen and oxygen atoms in total. The van der Waals surface area contributed by atoms with E-state index >= 15 is 0 Å². The molecule has 1 aliphatic heterocycles. The molecule has 0 bridgehead atoms. The quantitative estimate of drug-likeness (QED) is 0.692. The predicted molar refractivity (Wildman–Crippen MR) is 58.8 cm³/mol. The molecular formula is C12H21NO2. The summed E-state index contributed by atoms with van der Waals surface area (Å²) in [4.78, 5) is 14.2. The minimum Gasteiger partial charge on any atom is -0.379 e. The fourth-order valence-corrected chi connectivity index (χ4v) is 2.76. The molecule has 0 aromatic rings. The molecule has 3 heteroatoms. The van der Waals surface area contributed by atoms with Crippen molar-refractivity contribution in [3.63, 3.8) is 0 Å². The van der Waals surface area contributed by atoms with Gasteiger partial charge >= 0.3 is 0 Å². The second-order valence-corrected chi connectivity index (χ2v) is 4.71. The maximum Gasteiger partial charge on any atom is 0.137 e. The molecule has 1 heterocycles. The molecule has 0 radical (unpaired) electrons. The van der Waals surface area contributed by atoms with Crippen LogP contribution in [0.3, 0.4) is 0 Å². The largest absolute Gasteiger partial charge is 0.379 e. The Kier molecular flexibility index (Phi) is 3.76. The lowest BCUT2D eigenvalue weighted by Gasteiger charge is -2.37. The summed E-state index contributed by atoms with van der Waals surface area (Å²) in [5, 5.41) is 0. The van der Waals surface area contributed by atoms with Crippen molar-refractivity contribution in [3.05, 3.63) is 0 Å². The lowest BCUT2D eigenvalue weighted by Crippen LogP contribution is -2.47. The maximum absolute atomic E-state index is 11.8. The van der Waals surface area contributed by atoms with E-state index in [1.54, 1.807) is 0 Å². The Hall–Kier alpha value is -0.410. The molecule has 0 spiro atoms. The monoisotopic (exact) mass is 211 g/mol. The summed E-state index contributed by atoms with van der Waals surface area (Å²) >= 11 is 0. The molecule has 2 atom stereocenters. The first-order chi connectivity index (χ1) is 7.29. The van der Waals surface area contributed by atoms with E-state index in [4.69, 9.17) is 4.74 Å². The van der Waals surface area contributed by atoms with Gasteiger partial charge in [0.05, 0.1) is 13.2 Å². The molecule has 2 aliphatic rings. The highest BCUT2D eigenvalue weighted by Crippen LogP contribution is 2.26. The fraction of sp³-hybridized carbons (Fsp3) is 0.917. The highest BCUT2D eigenvalue weighted by molar-refractivity contribution is 5.82. The summed E-state index contributed by atoms with van der Waals surface area (Å²) in [6, 6.07) is 0.418. The lowest BCUT2D eigenvalue weighted by atomic mass is 9.82. The molecule has 2 unspecified atom stereocenters. The van der Waals surface area contributed by atoms with E-state index in [0.29, 0.717) is 11.8 Å². The van der Waals surface area contributed by atoms with Crippen LogP contribution in [0.2, 0.25) is 0 Å². The van der Waals surface area contributed by atoms with Crippen LogP contribution < -0.4 is 0 Å². The van der Waals surface area contributed by atoms with Gasteiger partial charge in [-0.1, -0.05) is 6.42 Å². The van der Waals surface area contributed by atoms with E-state index < -0.39 is 0 Å². The topological polar surface area (TPSA) is 29.5 Å². The third kappa shape index (κ3) is 2.58. The van der Waals surface area contributed by atoms with Crippen LogP contribution in [0.5, 0.6) is 0 Å². The molecule has 0 aromatic carbocycles. The Balaban J connectivity index is 1.92. The third-order valence-corrected chi connectivity index (χ3v) is 3.81. The molecule has 86 valence electrons. The minimum absolute atomic E-state index is 0.289. The van der Waals surface area contributed by atoms with Gasteiger partial charge < -0.3 is 4.74 Å². The van der Waals surface area contributed by atoms with Gasteiger partial charge in [0.1, 0.15) is 5.78 Å². The molecule has 0 N–H and O–H groups in total. The number of hydrogen-bond acceptors (Lipinski definition) is 3. The number of ether oxygens (including phenoxy) is 1. The Morgan fingerprint density at radius 1 is 1.33 bits per heavy atom. The summed E-state index contributed by atoms with van der Waals surface area (Å²) in [5.74, 6) is 0.775. The first-order valence-corrected chi connectivity index (χ1v) is 6.13. The smallest absolute Gasteiger partial charge is 0.137 e. The number of carbonyl (C=O) groups excluding carboxylic acids is 1. The van der Waals surface area contributed by atoms with Crippen molar-refractivity contribution in [1.29, 1.82) is 0 Å². The molecule has 0 amide bonds. The molecular weight excluding hydrogens is 190 g/mol. The van der Waals surface area contributed by atoms with Gasteiger partial charge in [-0.2, -0.15) is 0 Å². The summed E-state index contributed by atoms with van der Waals surface area (Å²) < 4.78 is 5.34. The van der Waals surface area contributed by atoms with E-state index in [1.807, 2.05) is 0 Å². The van der Waals surface area contributed by atoms with Crippen LogP contribution in [0.4, 0.5) is 0 Å². The maximum atomic E-state index is 11.8. The minimum atomic E-state index is 0.289. The molecule has 1 aliphatic carbocycles. The van der Waals surface area contributed by atoms with Crippen molar-refractivity contribution in [3.8, 4) is 0 Å². The zero-order valence-electron chi connectivity index (χ0n) is 9.58. The fourth-order valence-electron chi connectivity index (χ4n) is 2.76. The number of ketones is 1. The van der Waals surface area contributed by atoms with Crippen LogP contribution in [0.15, 0.2) is 0 Å². The van der Waals surface area contributed by atoms with Crippen molar-refractivity contribution in [2.75, 3.05) is 26.3 Å². The van der Waals surface area contributed by atoms with Crippen LogP contribution in [0, 0.1) is 5.92 Å². The van der Waals surface area contributed by atoms with Crippen LogP contribution in [-0.2, 0) is 9.53 Å². The molecule has 1 saturated carbocycles. The van der Waals surface area contributed by atoms with Crippen LogP contribution in [0.1, 0.15) is 32.6 Å². The van der Waals surface area contributed by atoms with E-state index in [9.17, 15) is 4.79 Å². The van der Waals surface area contributed by atoms with E-state index in [2.05, 4.69) is 11.8 Å². The average molecular weight is 211 g/mol. The van der Waals surface area contributed by atoms with Gasteiger partial charge in [0, 0.05) is 31.5 Å². The van der Waals surface area contributed by atoms with Gasteiger partial charge in [-0.05, 0) is 19.8 Å². The second-order valence-electron chi connectivity index (χ2n) is 4.71. The number of Topliss-reactive ketones (excluding diaryl/α,β-unsaturated/α-hetero) is 1. The number of carbonyl (C=O) groups is 1. The van der Waals surface area contributed by atoms with Gasteiger partial charge in [0.15, 0.2) is 0 Å². The first-order valence-electron chi connectivity index (χ1n) is 6.13. The summed E-state index contributed by atoms with van der Waals surface area (Å²) in [7, 11) is 0. The number of hydrogen-bond donors (Lipinski definition) is 0. The van der Waals surface area contributed by atoms with Crippen LogP contribution >= 0.6 is 0 Å². The van der Waals surface area contributed by atoms with E-state index in [1.165, 1.54) is 6.42 Å². The third-order valence-electron chi connectivity index (χ3n) is 3.81. The predicted octanol–water partition coefficient (Wildman–Crippen LogP) is 1.47. The molecule has 2 rings (SSSR count). The van der Waals surface area contributed by atoms with Crippen LogP contribution in [0.25, 0.3) is 0 Å². The van der Waals surface area contributed by atoms with Gasteiger partial charge in [0.2, 0.25) is 0 Å². The van der Waals surface area contributed by atoms with Crippen molar-refractivity contribution in [1.82, 2.24) is 4.90 Å². The standard InChI is InChI=1S/C12H21NO2/c1-10(13-6-8-15-9-7-13)11-4-2-3-5-12(11)14/h10-11H,2-9H2,1H3. The second kappa shape index (κ2) is 5.08. The SMILES string of the molecule is CC(C1CCCCC1=O)N1CCOCC1. The van der Waals surface area contributed by atoms with E-state index in [-0.39, 0.29) is 5.92 Å². The Morgan fingerprint density at radius 3 is 2.73 bits per heavy atom. The highest BCUT2D eigenvalue weighted by atomic mass is 16.5. The summed E-state index contributed by atoms with van der Waals surface area (Å²) in [6.45, 7) is 5.84. The Morgan fingerprint density at radius 2 is 2.07 bits per heavy atom. The first kappa shape index (κ1) is 11.1. The number of rotatable bonds is 2. The van der Waals surface area contributed by atoms with Gasteiger partial charge in [-0.3, -0.25) is 9.69 Å². The number of nitrogens with zero attached hydrogens (tertiary/aromatic N) is 1. The van der Waals surface area contributed by atoms with Gasteiger partial charge in [0.25, 0.3) is 0 Å². The number of morpholine rings is 1. The van der Waals surface area contributed by atoms with Gasteiger partial charge in [-0.15, -0.1) is 0 Å². The Labute approximate surface area is 91.8 Å². The normalized spacial score (nSPS) is 31.5. The van der Waals surface area contributed by atoms with E-state index in [0.717, 1.165) is 45.6 Å². The summed E-state index contributed by atoms with van der Waals surface area (Å²) in [5.41, 5.74) is 0.